The summed E-state index contributed by atoms with van der Waals surface area (Å²) in [6.07, 6.45) is 9.80. The zero-order valence-corrected chi connectivity index (χ0v) is 13.8. The number of hydrogen-bond acceptors (Lipinski definition) is 1. The van der Waals surface area contributed by atoms with Gasteiger partial charge in [-0.1, -0.05) is 32.9 Å². The first-order chi connectivity index (χ1) is 9.34. The maximum atomic E-state index is 12.3. The molecule has 3 fully saturated rings. The molecular formula is C19H30O. The van der Waals surface area contributed by atoms with Crippen LogP contribution in [0.15, 0.2) is 12.2 Å². The Bertz CT molecular complexity index is 447. The number of allylic oxidation sites excluding steroid dienone is 2. The van der Waals surface area contributed by atoms with Gasteiger partial charge in [0.05, 0.1) is 0 Å². The van der Waals surface area contributed by atoms with E-state index in [0.717, 1.165) is 18.3 Å². The van der Waals surface area contributed by atoms with E-state index in [-0.39, 0.29) is 5.92 Å². The Hall–Kier alpha value is -0.590. The monoisotopic (exact) mass is 274 g/mol. The van der Waals surface area contributed by atoms with Crippen LogP contribution in [0.5, 0.6) is 0 Å². The molecule has 6 atom stereocenters. The summed E-state index contributed by atoms with van der Waals surface area (Å²) in [5.74, 6) is 3.53. The van der Waals surface area contributed by atoms with Crippen LogP contribution in [0, 0.1) is 40.4 Å². The zero-order chi connectivity index (χ0) is 14.7. The molecular weight excluding hydrogens is 244 g/mol. The second-order valence-electron chi connectivity index (χ2n) is 8.42. The van der Waals surface area contributed by atoms with Crippen LogP contribution in [0.3, 0.4) is 0 Å². The molecule has 3 rings (SSSR count). The van der Waals surface area contributed by atoms with E-state index in [0.29, 0.717) is 28.4 Å². The first kappa shape index (κ1) is 14.4. The molecule has 0 amide bonds. The Labute approximate surface area is 124 Å². The van der Waals surface area contributed by atoms with Crippen molar-refractivity contribution in [2.24, 2.45) is 40.4 Å². The third-order valence-corrected chi connectivity index (χ3v) is 7.48. The highest BCUT2D eigenvalue weighted by molar-refractivity contribution is 5.79. The van der Waals surface area contributed by atoms with Gasteiger partial charge in [-0.25, -0.2) is 0 Å². The summed E-state index contributed by atoms with van der Waals surface area (Å²) in [4.78, 5) is 12.3. The number of rotatable bonds is 2. The van der Waals surface area contributed by atoms with Gasteiger partial charge in [-0.3, -0.25) is 4.79 Å². The van der Waals surface area contributed by atoms with Crippen molar-refractivity contribution in [3.63, 3.8) is 0 Å². The van der Waals surface area contributed by atoms with Gasteiger partial charge in [0.2, 0.25) is 0 Å². The van der Waals surface area contributed by atoms with Crippen LogP contribution in [0.4, 0.5) is 0 Å². The molecule has 0 aliphatic heterocycles. The lowest BCUT2D eigenvalue weighted by molar-refractivity contribution is -0.125. The SMILES string of the molecule is C/C=C/[C@@H]1C(C(C)=O)CC23CC1C(C)(C)[C@H]2CCC3C. The number of hydrogen-bond donors (Lipinski definition) is 0. The number of Topliss-reactive ketones (excluding diaryl/α,β-unsaturated/α-hetero) is 1. The molecule has 3 saturated carbocycles. The normalized spacial score (nSPS) is 49.5. The quantitative estimate of drug-likeness (QED) is 0.657. The van der Waals surface area contributed by atoms with E-state index in [2.05, 4.69) is 39.8 Å². The summed E-state index contributed by atoms with van der Waals surface area (Å²) in [6, 6.07) is 0. The third-order valence-electron chi connectivity index (χ3n) is 7.48. The van der Waals surface area contributed by atoms with Gasteiger partial charge in [0.15, 0.2) is 0 Å². The minimum atomic E-state index is 0.273. The lowest BCUT2D eigenvalue weighted by Gasteiger charge is -2.44. The van der Waals surface area contributed by atoms with Gasteiger partial charge < -0.3 is 0 Å². The first-order valence-corrected chi connectivity index (χ1v) is 8.48. The molecule has 0 aromatic heterocycles. The fourth-order valence-electron chi connectivity index (χ4n) is 6.51. The molecule has 0 saturated heterocycles. The molecule has 0 aromatic carbocycles. The van der Waals surface area contributed by atoms with Crippen molar-refractivity contribution in [2.75, 3.05) is 0 Å². The van der Waals surface area contributed by atoms with E-state index < -0.39 is 0 Å². The minimum absolute atomic E-state index is 0.273. The molecule has 0 heterocycles. The Morgan fingerprint density at radius 1 is 1.20 bits per heavy atom. The van der Waals surface area contributed by atoms with E-state index in [4.69, 9.17) is 0 Å². The molecule has 4 unspecified atom stereocenters. The summed E-state index contributed by atoms with van der Waals surface area (Å²) >= 11 is 0. The highest BCUT2D eigenvalue weighted by Crippen LogP contribution is 2.73. The lowest BCUT2D eigenvalue weighted by Crippen LogP contribution is -2.40. The molecule has 112 valence electrons. The topological polar surface area (TPSA) is 17.1 Å². The van der Waals surface area contributed by atoms with Crippen molar-refractivity contribution in [1.82, 2.24) is 0 Å². The second-order valence-corrected chi connectivity index (χ2v) is 8.42. The summed E-state index contributed by atoms with van der Waals surface area (Å²) in [5, 5.41) is 0. The molecule has 1 nitrogen and oxygen atoms in total. The van der Waals surface area contributed by atoms with Gasteiger partial charge in [0.25, 0.3) is 0 Å². The molecule has 0 radical (unpaired) electrons. The average molecular weight is 274 g/mol. The van der Waals surface area contributed by atoms with Crippen LogP contribution in [0.1, 0.15) is 60.3 Å². The Morgan fingerprint density at radius 3 is 2.50 bits per heavy atom. The average Bonchev–Trinajstić information content (AvgIpc) is 2.77. The maximum Gasteiger partial charge on any atom is 0.133 e. The predicted molar refractivity (Wildman–Crippen MR) is 83.3 cm³/mol. The van der Waals surface area contributed by atoms with Crippen molar-refractivity contribution >= 4 is 5.78 Å². The second kappa shape index (κ2) is 4.45. The fraction of sp³-hybridized carbons (Fsp3) is 0.842. The fourth-order valence-corrected chi connectivity index (χ4v) is 6.51. The lowest BCUT2D eigenvalue weighted by atomic mass is 9.60. The first-order valence-electron chi connectivity index (χ1n) is 8.48. The van der Waals surface area contributed by atoms with E-state index >= 15 is 0 Å². The number of carbonyl (C=O) groups excluding carboxylic acids is 1. The zero-order valence-electron chi connectivity index (χ0n) is 13.8. The van der Waals surface area contributed by atoms with Crippen LogP contribution in [0.2, 0.25) is 0 Å². The number of carbonyl (C=O) groups is 1. The van der Waals surface area contributed by atoms with Gasteiger partial charge in [-0.05, 0) is 74.0 Å². The number of fused-ring (bicyclic) bond motifs is 1. The minimum Gasteiger partial charge on any atom is -0.300 e. The Balaban J connectivity index is 2.07. The van der Waals surface area contributed by atoms with Gasteiger partial charge >= 0.3 is 0 Å². The molecule has 1 spiro atoms. The standard InChI is InChI=1S/C19H30O/c1-6-7-14-15(13(3)20)10-19-11-16(14)18(4,5)17(19)9-8-12(19)2/h6-7,12,14-17H,8-11H2,1-5H3/b7-6+/t12?,14-,15?,16?,17-,19?/m1/s1. The van der Waals surface area contributed by atoms with Gasteiger partial charge in [-0.2, -0.15) is 0 Å². The summed E-state index contributed by atoms with van der Waals surface area (Å²) in [6.45, 7) is 11.4. The highest BCUT2D eigenvalue weighted by atomic mass is 16.1. The Morgan fingerprint density at radius 2 is 1.90 bits per heavy atom. The van der Waals surface area contributed by atoms with E-state index in [9.17, 15) is 4.79 Å². The van der Waals surface area contributed by atoms with Crippen molar-refractivity contribution in [2.45, 2.75) is 60.3 Å². The molecule has 3 aliphatic rings. The molecule has 0 N–H and O–H groups in total. The summed E-state index contributed by atoms with van der Waals surface area (Å²) in [5.41, 5.74) is 0.877. The van der Waals surface area contributed by atoms with Crippen molar-refractivity contribution in [3.05, 3.63) is 12.2 Å². The molecule has 0 aromatic rings. The van der Waals surface area contributed by atoms with E-state index in [1.165, 1.54) is 19.3 Å². The Kier molecular flexibility index (Phi) is 3.19. The molecule has 2 bridgehead atoms. The predicted octanol–water partition coefficient (Wildman–Crippen LogP) is 4.87. The van der Waals surface area contributed by atoms with E-state index in [1.54, 1.807) is 0 Å². The van der Waals surface area contributed by atoms with Crippen LogP contribution in [0.25, 0.3) is 0 Å². The van der Waals surface area contributed by atoms with Crippen molar-refractivity contribution in [3.8, 4) is 0 Å². The molecule has 1 heteroatoms. The van der Waals surface area contributed by atoms with Gasteiger partial charge in [0.1, 0.15) is 5.78 Å². The summed E-state index contributed by atoms with van der Waals surface area (Å²) < 4.78 is 0. The smallest absolute Gasteiger partial charge is 0.133 e. The number of ketones is 1. The van der Waals surface area contributed by atoms with Crippen molar-refractivity contribution < 1.29 is 4.79 Å². The van der Waals surface area contributed by atoms with Crippen LogP contribution >= 0.6 is 0 Å². The van der Waals surface area contributed by atoms with Crippen LogP contribution < -0.4 is 0 Å². The van der Waals surface area contributed by atoms with E-state index in [1.807, 2.05) is 6.92 Å². The highest BCUT2D eigenvalue weighted by Gasteiger charge is 2.67. The van der Waals surface area contributed by atoms with Crippen LogP contribution in [-0.2, 0) is 4.79 Å². The van der Waals surface area contributed by atoms with Gasteiger partial charge in [-0.15, -0.1) is 0 Å². The summed E-state index contributed by atoms with van der Waals surface area (Å²) in [7, 11) is 0. The van der Waals surface area contributed by atoms with Gasteiger partial charge in [0, 0.05) is 5.92 Å². The maximum absolute atomic E-state index is 12.3. The third kappa shape index (κ3) is 1.64. The van der Waals surface area contributed by atoms with Crippen LogP contribution in [-0.4, -0.2) is 5.78 Å². The molecule has 20 heavy (non-hydrogen) atoms. The van der Waals surface area contributed by atoms with Crippen molar-refractivity contribution in [1.29, 1.82) is 0 Å². The largest absolute Gasteiger partial charge is 0.300 e. The molecule has 3 aliphatic carbocycles.